The van der Waals surface area contributed by atoms with Gasteiger partial charge in [0.1, 0.15) is 5.75 Å². The van der Waals surface area contributed by atoms with Gasteiger partial charge in [-0.05, 0) is 36.0 Å². The molecule has 0 amide bonds. The summed E-state index contributed by atoms with van der Waals surface area (Å²) in [6.07, 6.45) is 6.48. The van der Waals surface area contributed by atoms with Crippen LogP contribution in [0.2, 0.25) is 0 Å². The maximum Gasteiger partial charge on any atom is 0.122 e. The van der Waals surface area contributed by atoms with E-state index in [0.29, 0.717) is 10.7 Å². The van der Waals surface area contributed by atoms with E-state index in [1.807, 2.05) is 0 Å². The molecule has 1 aromatic rings. The summed E-state index contributed by atoms with van der Waals surface area (Å²) >= 11 is 3.84. The third-order valence-corrected chi connectivity index (χ3v) is 4.92. The largest absolute Gasteiger partial charge is 0.493 e. The number of benzene rings is 1. The summed E-state index contributed by atoms with van der Waals surface area (Å²) in [5.41, 5.74) is 2.91. The lowest BCUT2D eigenvalue weighted by Gasteiger charge is -2.28. The fourth-order valence-corrected chi connectivity index (χ4v) is 3.79. The highest BCUT2D eigenvalue weighted by molar-refractivity contribution is 9.09. The van der Waals surface area contributed by atoms with Crippen molar-refractivity contribution >= 4 is 15.9 Å². The summed E-state index contributed by atoms with van der Waals surface area (Å²) in [5.74, 6) is 1.81. The minimum absolute atomic E-state index is 0.668. The molecule has 0 N–H and O–H groups in total. The molecule has 1 aromatic carbocycles. The Kier molecular flexibility index (Phi) is 2.93. The normalized spacial score (nSPS) is 28.6. The molecule has 1 nitrogen and oxygen atoms in total. The highest BCUT2D eigenvalue weighted by Crippen LogP contribution is 2.39. The summed E-state index contributed by atoms with van der Waals surface area (Å²) in [5, 5.41) is 0. The minimum atomic E-state index is 0.668. The molecule has 2 heteroatoms. The van der Waals surface area contributed by atoms with Crippen LogP contribution in [0.4, 0.5) is 0 Å². The first-order valence-corrected chi connectivity index (χ1v) is 7.16. The second kappa shape index (κ2) is 4.40. The molecule has 1 heterocycles. The minimum Gasteiger partial charge on any atom is -0.493 e. The Bertz CT molecular complexity index is 388. The number of fused-ring (bicyclic) bond motifs is 1. The van der Waals surface area contributed by atoms with E-state index in [1.165, 1.54) is 36.8 Å². The van der Waals surface area contributed by atoms with Crippen LogP contribution in [-0.2, 0) is 6.42 Å². The molecule has 0 radical (unpaired) electrons. The quantitative estimate of drug-likeness (QED) is 0.706. The van der Waals surface area contributed by atoms with E-state index in [4.69, 9.17) is 4.74 Å². The zero-order valence-electron chi connectivity index (χ0n) is 9.42. The topological polar surface area (TPSA) is 9.23 Å². The molecular formula is C14H17BrO. The molecule has 1 fully saturated rings. The Labute approximate surface area is 105 Å². The molecule has 0 aromatic heterocycles. The van der Waals surface area contributed by atoms with Crippen LogP contribution in [0.3, 0.4) is 0 Å². The molecule has 1 saturated carbocycles. The Hall–Kier alpha value is -0.500. The third-order valence-electron chi connectivity index (χ3n) is 3.82. The van der Waals surface area contributed by atoms with E-state index >= 15 is 0 Å². The summed E-state index contributed by atoms with van der Waals surface area (Å²) in [4.78, 5) is 0.668. The number of halogens is 1. The highest BCUT2D eigenvalue weighted by atomic mass is 79.9. The van der Waals surface area contributed by atoms with Gasteiger partial charge >= 0.3 is 0 Å². The Morgan fingerprint density at radius 1 is 1.19 bits per heavy atom. The van der Waals surface area contributed by atoms with Gasteiger partial charge in [0, 0.05) is 11.2 Å². The van der Waals surface area contributed by atoms with Crippen LogP contribution in [0.15, 0.2) is 18.2 Å². The molecule has 1 aliphatic heterocycles. The smallest absolute Gasteiger partial charge is 0.122 e. The van der Waals surface area contributed by atoms with Crippen LogP contribution < -0.4 is 4.74 Å². The van der Waals surface area contributed by atoms with Gasteiger partial charge in [0.2, 0.25) is 0 Å². The van der Waals surface area contributed by atoms with Gasteiger partial charge in [0.25, 0.3) is 0 Å². The number of rotatable bonds is 1. The summed E-state index contributed by atoms with van der Waals surface area (Å²) in [6, 6.07) is 6.78. The van der Waals surface area contributed by atoms with Crippen molar-refractivity contribution in [3.05, 3.63) is 29.3 Å². The lowest BCUT2D eigenvalue weighted by molar-refractivity contribution is 0.356. The number of alkyl halides is 1. The Balaban J connectivity index is 1.88. The molecule has 86 valence electrons. The van der Waals surface area contributed by atoms with E-state index in [1.54, 1.807) is 0 Å². The van der Waals surface area contributed by atoms with Crippen LogP contribution in [0.25, 0.3) is 0 Å². The molecule has 2 atom stereocenters. The molecule has 0 saturated heterocycles. The standard InChI is InChI=1S/C14H17BrO/c15-13-4-2-1-3-12(13)10-5-6-14-11(9-10)7-8-16-14/h5-6,9,12-13H,1-4,7-8H2. The zero-order valence-corrected chi connectivity index (χ0v) is 11.0. The summed E-state index contributed by atoms with van der Waals surface area (Å²) < 4.78 is 5.56. The highest BCUT2D eigenvalue weighted by Gasteiger charge is 2.25. The summed E-state index contributed by atoms with van der Waals surface area (Å²) in [7, 11) is 0. The van der Waals surface area contributed by atoms with Crippen molar-refractivity contribution in [1.29, 1.82) is 0 Å². The number of hydrogen-bond donors (Lipinski definition) is 0. The molecule has 16 heavy (non-hydrogen) atoms. The SMILES string of the molecule is BrC1CCCCC1c1ccc2c(c1)CCO2. The van der Waals surface area contributed by atoms with Crippen LogP contribution in [-0.4, -0.2) is 11.4 Å². The van der Waals surface area contributed by atoms with Crippen LogP contribution in [0, 0.1) is 0 Å². The molecular weight excluding hydrogens is 264 g/mol. The van der Waals surface area contributed by atoms with E-state index in [0.717, 1.165) is 18.8 Å². The van der Waals surface area contributed by atoms with E-state index < -0.39 is 0 Å². The van der Waals surface area contributed by atoms with E-state index in [-0.39, 0.29) is 0 Å². The van der Waals surface area contributed by atoms with Crippen molar-refractivity contribution in [2.75, 3.05) is 6.61 Å². The van der Waals surface area contributed by atoms with Crippen molar-refractivity contribution in [2.24, 2.45) is 0 Å². The maximum atomic E-state index is 5.56. The second-order valence-corrected chi connectivity index (χ2v) is 6.05. The molecule has 2 unspecified atom stereocenters. The van der Waals surface area contributed by atoms with Gasteiger partial charge in [-0.1, -0.05) is 40.9 Å². The van der Waals surface area contributed by atoms with Gasteiger partial charge in [0.15, 0.2) is 0 Å². The van der Waals surface area contributed by atoms with Crippen LogP contribution in [0.5, 0.6) is 5.75 Å². The first kappa shape index (κ1) is 10.6. The number of hydrogen-bond acceptors (Lipinski definition) is 1. The Morgan fingerprint density at radius 2 is 2.06 bits per heavy atom. The predicted octanol–water partition coefficient (Wildman–Crippen LogP) is 4.04. The van der Waals surface area contributed by atoms with Crippen LogP contribution in [0.1, 0.15) is 42.7 Å². The average Bonchev–Trinajstić information content (AvgIpc) is 2.76. The summed E-state index contributed by atoms with van der Waals surface area (Å²) in [6.45, 7) is 0.862. The van der Waals surface area contributed by atoms with Gasteiger partial charge in [-0.2, -0.15) is 0 Å². The average molecular weight is 281 g/mol. The first-order chi connectivity index (χ1) is 7.84. The van der Waals surface area contributed by atoms with Gasteiger partial charge in [-0.3, -0.25) is 0 Å². The molecule has 1 aliphatic carbocycles. The Morgan fingerprint density at radius 3 is 2.94 bits per heavy atom. The van der Waals surface area contributed by atoms with Gasteiger partial charge in [0.05, 0.1) is 6.61 Å². The molecule has 0 spiro atoms. The number of ether oxygens (including phenoxy) is 1. The van der Waals surface area contributed by atoms with Crippen molar-refractivity contribution in [3.8, 4) is 5.75 Å². The van der Waals surface area contributed by atoms with E-state index in [9.17, 15) is 0 Å². The van der Waals surface area contributed by atoms with Crippen molar-refractivity contribution < 1.29 is 4.74 Å². The predicted molar refractivity (Wildman–Crippen MR) is 69.6 cm³/mol. The van der Waals surface area contributed by atoms with Crippen molar-refractivity contribution in [2.45, 2.75) is 42.8 Å². The monoisotopic (exact) mass is 280 g/mol. The zero-order chi connectivity index (χ0) is 11.0. The second-order valence-electron chi connectivity index (χ2n) is 4.87. The third kappa shape index (κ3) is 1.88. The molecule has 3 rings (SSSR count). The van der Waals surface area contributed by atoms with Crippen LogP contribution >= 0.6 is 15.9 Å². The van der Waals surface area contributed by atoms with Gasteiger partial charge < -0.3 is 4.74 Å². The van der Waals surface area contributed by atoms with E-state index in [2.05, 4.69) is 34.1 Å². The fraction of sp³-hybridized carbons (Fsp3) is 0.571. The first-order valence-electron chi connectivity index (χ1n) is 6.24. The van der Waals surface area contributed by atoms with Gasteiger partial charge in [-0.25, -0.2) is 0 Å². The maximum absolute atomic E-state index is 5.56. The van der Waals surface area contributed by atoms with Gasteiger partial charge in [-0.15, -0.1) is 0 Å². The fourth-order valence-electron chi connectivity index (χ4n) is 2.90. The van der Waals surface area contributed by atoms with Crippen molar-refractivity contribution in [3.63, 3.8) is 0 Å². The van der Waals surface area contributed by atoms with Crippen molar-refractivity contribution in [1.82, 2.24) is 0 Å². The lowest BCUT2D eigenvalue weighted by Crippen LogP contribution is -2.17. The molecule has 2 aliphatic rings. The lowest BCUT2D eigenvalue weighted by atomic mass is 9.83. The molecule has 0 bridgehead atoms.